The van der Waals surface area contributed by atoms with Crippen molar-refractivity contribution in [2.75, 3.05) is 4.90 Å². The minimum absolute atomic E-state index is 0.181. The molecule has 0 radical (unpaired) electrons. The summed E-state index contributed by atoms with van der Waals surface area (Å²) in [7, 11) is 0. The van der Waals surface area contributed by atoms with Crippen LogP contribution >= 0.6 is 0 Å². The molecule has 1 saturated carbocycles. The van der Waals surface area contributed by atoms with E-state index in [0.29, 0.717) is 17.0 Å². The second-order valence-electron chi connectivity index (χ2n) is 16.4. The van der Waals surface area contributed by atoms with Crippen molar-refractivity contribution in [2.24, 2.45) is 28.2 Å². The molecule has 1 heterocycles. The van der Waals surface area contributed by atoms with Crippen molar-refractivity contribution in [3.05, 3.63) is 95.3 Å². The molecule has 290 valence electrons. The second-order valence-corrected chi connectivity index (χ2v) is 16.4. The van der Waals surface area contributed by atoms with Crippen molar-refractivity contribution in [3.63, 3.8) is 0 Å². The normalized spacial score (nSPS) is 19.9. The van der Waals surface area contributed by atoms with Gasteiger partial charge in [0.05, 0.1) is 16.8 Å². The van der Waals surface area contributed by atoms with Crippen molar-refractivity contribution in [3.8, 4) is 0 Å². The molecule has 5 heteroatoms. The smallest absolute Gasteiger partial charge is 0.237 e. The molecule has 0 saturated heterocycles. The van der Waals surface area contributed by atoms with Gasteiger partial charge in [0.2, 0.25) is 5.91 Å². The predicted octanol–water partition coefficient (Wildman–Crippen LogP) is 13.8. The first-order valence-corrected chi connectivity index (χ1v) is 19.8. The molecule has 52 heavy (non-hydrogen) atoms. The Balaban J connectivity index is 0.000000885. The van der Waals surface area contributed by atoms with Gasteiger partial charge in [-0.25, -0.2) is 4.39 Å². The summed E-state index contributed by atoms with van der Waals surface area (Å²) in [6.07, 6.45) is 15.1. The maximum absolute atomic E-state index is 14.3. The van der Waals surface area contributed by atoms with Crippen LogP contribution in [0.1, 0.15) is 154 Å². The lowest BCUT2D eigenvalue weighted by Crippen LogP contribution is -2.49. The van der Waals surface area contributed by atoms with E-state index in [1.54, 1.807) is 12.2 Å². The number of hydrogen-bond acceptors (Lipinski definition) is 3. The molecule has 1 N–H and O–H groups in total. The van der Waals surface area contributed by atoms with E-state index in [-0.39, 0.29) is 11.9 Å². The van der Waals surface area contributed by atoms with Gasteiger partial charge in [0.1, 0.15) is 5.83 Å². The predicted molar refractivity (Wildman–Crippen MR) is 228 cm³/mol. The van der Waals surface area contributed by atoms with E-state index in [1.165, 1.54) is 18.9 Å². The number of halogens is 1. The minimum Gasteiger partial charge on any atom is -0.356 e. The van der Waals surface area contributed by atoms with Gasteiger partial charge in [-0.15, -0.1) is 0 Å². The third kappa shape index (κ3) is 12.6. The highest BCUT2D eigenvalue weighted by Crippen LogP contribution is 2.48. The number of amides is 1. The summed E-state index contributed by atoms with van der Waals surface area (Å²) in [5.74, 6) is 2.15. The molecule has 1 aromatic rings. The highest BCUT2D eigenvalue weighted by molar-refractivity contribution is 6.08. The van der Waals surface area contributed by atoms with Crippen LogP contribution in [0.2, 0.25) is 0 Å². The molecule has 1 aliphatic carbocycles. The Morgan fingerprint density at radius 2 is 1.71 bits per heavy atom. The topological polar surface area (TPSA) is 44.7 Å². The van der Waals surface area contributed by atoms with Crippen LogP contribution < -0.4 is 10.2 Å². The zero-order valence-electron chi connectivity index (χ0n) is 35.8. The Hall–Kier alpha value is -3.47. The highest BCUT2D eigenvalue weighted by atomic mass is 19.1. The van der Waals surface area contributed by atoms with Crippen LogP contribution in [-0.4, -0.2) is 18.2 Å². The van der Waals surface area contributed by atoms with E-state index in [0.717, 1.165) is 76.9 Å². The minimum atomic E-state index is -0.542. The van der Waals surface area contributed by atoms with Gasteiger partial charge in [0, 0.05) is 23.6 Å². The van der Waals surface area contributed by atoms with Gasteiger partial charge in [0.15, 0.2) is 0 Å². The fourth-order valence-corrected chi connectivity index (χ4v) is 6.12. The summed E-state index contributed by atoms with van der Waals surface area (Å²) in [4.78, 5) is 20.2. The molecular weight excluding hydrogens is 642 g/mol. The average molecular weight is 716 g/mol. The largest absolute Gasteiger partial charge is 0.356 e. The molecule has 0 spiro atoms. The average Bonchev–Trinajstić information content (AvgIpc) is 3.28. The van der Waals surface area contributed by atoms with Crippen molar-refractivity contribution in [1.82, 2.24) is 5.32 Å². The molecule has 1 unspecified atom stereocenters. The number of aliphatic imine (C=N–C) groups is 1. The Kier molecular flexibility index (Phi) is 19.1. The molecule has 1 aliphatic heterocycles. The third-order valence-electron chi connectivity index (χ3n) is 10.8. The van der Waals surface area contributed by atoms with Crippen molar-refractivity contribution in [2.45, 2.75) is 154 Å². The quantitative estimate of drug-likeness (QED) is 0.154. The summed E-state index contributed by atoms with van der Waals surface area (Å²) in [5.41, 5.74) is 6.56. The third-order valence-corrected chi connectivity index (χ3v) is 10.8. The number of nitrogens with one attached hydrogen (secondary N) is 1. The van der Waals surface area contributed by atoms with E-state index in [2.05, 4.69) is 92.9 Å². The lowest BCUT2D eigenvalue weighted by atomic mass is 9.77. The van der Waals surface area contributed by atoms with Crippen LogP contribution in [0.5, 0.6) is 0 Å². The van der Waals surface area contributed by atoms with Crippen molar-refractivity contribution < 1.29 is 9.18 Å². The number of fused-ring (bicyclic) bond motifs is 1. The van der Waals surface area contributed by atoms with Crippen LogP contribution in [0.15, 0.2) is 89.1 Å². The number of carbonyl (C=O) groups excluding carboxylic acids is 1. The van der Waals surface area contributed by atoms with Gasteiger partial charge < -0.3 is 10.2 Å². The summed E-state index contributed by atoms with van der Waals surface area (Å²) >= 11 is 0. The van der Waals surface area contributed by atoms with E-state index >= 15 is 0 Å². The van der Waals surface area contributed by atoms with Crippen molar-refractivity contribution >= 4 is 23.4 Å². The van der Waals surface area contributed by atoms with Gasteiger partial charge in [0.25, 0.3) is 0 Å². The number of nitrogens with zero attached hydrogens (tertiary/aromatic N) is 2. The molecule has 1 amide bonds. The van der Waals surface area contributed by atoms with E-state index in [4.69, 9.17) is 4.99 Å². The lowest BCUT2D eigenvalue weighted by Gasteiger charge is -2.41. The maximum atomic E-state index is 14.3. The molecular formula is C47H74FN3O. The zero-order valence-corrected chi connectivity index (χ0v) is 35.8. The fourth-order valence-electron chi connectivity index (χ4n) is 6.12. The zero-order chi connectivity index (χ0) is 40.0. The monoisotopic (exact) mass is 716 g/mol. The maximum Gasteiger partial charge on any atom is 0.237 e. The van der Waals surface area contributed by atoms with Crippen LogP contribution in [-0.2, 0) is 10.2 Å². The Bertz CT molecular complexity index is 1510. The molecule has 1 aromatic carbocycles. The first-order chi connectivity index (χ1) is 24.3. The summed E-state index contributed by atoms with van der Waals surface area (Å²) in [6, 6.07) is 6.50. The van der Waals surface area contributed by atoms with E-state index in [1.807, 2.05) is 64.8 Å². The number of allylic oxidation sites excluding steroid dienone is 8. The summed E-state index contributed by atoms with van der Waals surface area (Å²) in [6.45, 7) is 40.0. The Labute approximate surface area is 319 Å². The lowest BCUT2D eigenvalue weighted by molar-refractivity contribution is -0.123. The second kappa shape index (κ2) is 21.3. The van der Waals surface area contributed by atoms with Gasteiger partial charge >= 0.3 is 0 Å². The summed E-state index contributed by atoms with van der Waals surface area (Å²) < 4.78 is 14.3. The Morgan fingerprint density at radius 1 is 1.12 bits per heavy atom. The van der Waals surface area contributed by atoms with Gasteiger partial charge in [-0.1, -0.05) is 120 Å². The first kappa shape index (κ1) is 46.6. The molecule has 4 nitrogen and oxygen atoms in total. The SMILES string of the molecule is C=C/C(F)=C(\C=C/C)N/C(C)=C(C)/C(=C\C(=C)c1ccc2c(c1)N(C1CC(CC)C1)C(=O)C2(C)C)N=CCC.CC(C)C.CCC(C)C(C)(C)CC. The number of hydrogen-bond donors (Lipinski definition) is 1. The van der Waals surface area contributed by atoms with Crippen LogP contribution in [0, 0.1) is 23.2 Å². The molecule has 0 aromatic heterocycles. The fraction of sp³-hybridized carbons (Fsp3) is 0.574. The molecule has 3 rings (SSSR count). The first-order valence-electron chi connectivity index (χ1n) is 19.8. The van der Waals surface area contributed by atoms with E-state index < -0.39 is 11.2 Å². The van der Waals surface area contributed by atoms with Gasteiger partial charge in [-0.3, -0.25) is 9.79 Å². The molecule has 1 fully saturated rings. The van der Waals surface area contributed by atoms with Crippen LogP contribution in [0.4, 0.5) is 10.1 Å². The van der Waals surface area contributed by atoms with Gasteiger partial charge in [-0.05, 0) is 124 Å². The van der Waals surface area contributed by atoms with Crippen LogP contribution in [0.25, 0.3) is 5.57 Å². The molecule has 1 atom stereocenters. The molecule has 0 bridgehead atoms. The van der Waals surface area contributed by atoms with E-state index in [9.17, 15) is 9.18 Å². The standard InChI is InChI=1S/C34H44FN3O.C9H20.C4H10/c1-10-14-30(29(35)13-4)37-24(7)23(6)31(36-17-11-2)18-22(5)26-15-16-28-32(21-26)38(33(39)34(28,8)9)27-19-25(12-3)20-27;1-6-8(3)9(4,5)7-2;1-4(2)3/h10,13-18,21,25,27,37H,4-5,11-12,19-20H2,1-3,6-9H3;8H,6-7H2,1-5H3;4H,1-3H3/b14-10-,24-23+,30-29-,31-18+,36-17?;;. The number of benzene rings is 1. The highest BCUT2D eigenvalue weighted by Gasteiger charge is 2.49. The number of carbonyl (C=O) groups is 1. The molecule has 2 aliphatic rings. The van der Waals surface area contributed by atoms with Crippen LogP contribution in [0.3, 0.4) is 0 Å². The van der Waals surface area contributed by atoms with Gasteiger partial charge in [-0.2, -0.15) is 0 Å². The van der Waals surface area contributed by atoms with Crippen molar-refractivity contribution in [1.29, 1.82) is 0 Å². The Morgan fingerprint density at radius 3 is 2.17 bits per heavy atom. The summed E-state index contributed by atoms with van der Waals surface area (Å²) in [5, 5.41) is 3.16. The number of rotatable bonds is 14. The number of anilines is 1.